The van der Waals surface area contributed by atoms with Gasteiger partial charge in [-0.25, -0.2) is 0 Å². The Balaban J connectivity index is 1.91. The van der Waals surface area contributed by atoms with Crippen molar-refractivity contribution in [1.29, 1.82) is 0 Å². The van der Waals surface area contributed by atoms with Gasteiger partial charge < -0.3 is 5.32 Å². The normalized spacial score (nSPS) is 27.0. The molecule has 0 aromatic carbocycles. The highest BCUT2D eigenvalue weighted by atomic mass is 19.4. The molecule has 0 aromatic heterocycles. The summed E-state index contributed by atoms with van der Waals surface area (Å²) in [6.07, 6.45) is 0.142. The van der Waals surface area contributed by atoms with Crippen LogP contribution >= 0.6 is 0 Å². The number of alkyl halides is 3. The molecular weight excluding hydrogens is 257 g/mol. The summed E-state index contributed by atoms with van der Waals surface area (Å²) in [7, 11) is 0. The monoisotopic (exact) mass is 280 g/mol. The minimum atomic E-state index is -4.52. The van der Waals surface area contributed by atoms with E-state index in [4.69, 9.17) is 0 Å². The molecule has 0 atom stereocenters. The van der Waals surface area contributed by atoms with Crippen molar-refractivity contribution in [2.45, 2.75) is 57.0 Å². The van der Waals surface area contributed by atoms with E-state index in [0.717, 1.165) is 25.9 Å². The van der Waals surface area contributed by atoms with Crippen LogP contribution in [0, 0.1) is 0 Å². The molecule has 0 aromatic rings. The van der Waals surface area contributed by atoms with E-state index in [2.05, 4.69) is 28.8 Å². The van der Waals surface area contributed by atoms with Crippen LogP contribution in [0.4, 0.5) is 13.2 Å². The Bertz CT molecular complexity index is 312. The van der Waals surface area contributed by atoms with Crippen molar-refractivity contribution in [3.8, 4) is 0 Å². The Labute approximate surface area is 112 Å². The molecule has 2 fully saturated rings. The molecule has 1 aliphatic carbocycles. The zero-order valence-electron chi connectivity index (χ0n) is 11.6. The molecule has 1 aliphatic heterocycles. The van der Waals surface area contributed by atoms with Crippen LogP contribution in [0.2, 0.25) is 0 Å². The predicted octanol–water partition coefficient (Wildman–Crippen LogP) is 2.52. The fraction of sp³-hybridized carbons (Fsp3) is 1.00. The fourth-order valence-corrected chi connectivity index (χ4v) is 3.19. The van der Waals surface area contributed by atoms with Crippen LogP contribution in [-0.4, -0.2) is 48.6 Å². The molecule has 112 valence electrons. The molecule has 1 heterocycles. The average Bonchev–Trinajstić information content (AvgIpc) is 2.71. The van der Waals surface area contributed by atoms with Crippen molar-refractivity contribution < 1.29 is 17.9 Å². The van der Waals surface area contributed by atoms with Gasteiger partial charge in [0, 0.05) is 30.7 Å². The second kappa shape index (κ2) is 5.22. The largest absolute Gasteiger partial charge is 0.522 e. The number of hydrogen-bond acceptors (Lipinski definition) is 3. The van der Waals surface area contributed by atoms with E-state index in [1.807, 2.05) is 0 Å². The Morgan fingerprint density at radius 3 is 2.42 bits per heavy atom. The standard InChI is InChI=1S/C13H23F3N2O/c1-11(2)9-17-12(5-3-4-6-12)10-18(11)7-8-19-13(14,15)16/h17H,3-10H2,1-2H3. The molecule has 2 rings (SSSR count). The van der Waals surface area contributed by atoms with Crippen LogP contribution in [0.5, 0.6) is 0 Å². The van der Waals surface area contributed by atoms with Gasteiger partial charge in [-0.15, -0.1) is 13.2 Å². The molecule has 1 spiro atoms. The number of nitrogens with zero attached hydrogens (tertiary/aromatic N) is 1. The average molecular weight is 280 g/mol. The summed E-state index contributed by atoms with van der Waals surface area (Å²) in [6, 6.07) is 0. The first-order valence-corrected chi connectivity index (χ1v) is 6.93. The Morgan fingerprint density at radius 1 is 1.21 bits per heavy atom. The molecule has 2 aliphatic rings. The van der Waals surface area contributed by atoms with Crippen LogP contribution in [-0.2, 0) is 4.74 Å². The highest BCUT2D eigenvalue weighted by molar-refractivity contribution is 5.04. The Hall–Kier alpha value is -0.330. The van der Waals surface area contributed by atoms with E-state index in [1.165, 1.54) is 12.8 Å². The summed E-state index contributed by atoms with van der Waals surface area (Å²) in [4.78, 5) is 2.14. The molecule has 1 saturated heterocycles. The van der Waals surface area contributed by atoms with Gasteiger partial charge >= 0.3 is 6.36 Å². The summed E-state index contributed by atoms with van der Waals surface area (Å²) in [6.45, 7) is 5.81. The number of rotatable bonds is 3. The summed E-state index contributed by atoms with van der Waals surface area (Å²) in [5.41, 5.74) is -0.00342. The van der Waals surface area contributed by atoms with Crippen LogP contribution in [0.25, 0.3) is 0 Å². The first kappa shape index (κ1) is 15.1. The third-order valence-electron chi connectivity index (χ3n) is 4.43. The maximum absolute atomic E-state index is 12.0. The highest BCUT2D eigenvalue weighted by Gasteiger charge is 2.44. The second-order valence-electron chi connectivity index (χ2n) is 6.37. The maximum Gasteiger partial charge on any atom is 0.522 e. The fourth-order valence-electron chi connectivity index (χ4n) is 3.19. The molecule has 3 nitrogen and oxygen atoms in total. The van der Waals surface area contributed by atoms with Crippen LogP contribution in [0.3, 0.4) is 0 Å². The van der Waals surface area contributed by atoms with Crippen LogP contribution < -0.4 is 5.32 Å². The number of halogens is 3. The van der Waals surface area contributed by atoms with E-state index in [-0.39, 0.29) is 17.7 Å². The lowest BCUT2D eigenvalue weighted by molar-refractivity contribution is -0.325. The van der Waals surface area contributed by atoms with E-state index in [1.54, 1.807) is 0 Å². The summed E-state index contributed by atoms with van der Waals surface area (Å²) in [5, 5.41) is 3.62. The molecule has 0 bridgehead atoms. The first-order valence-electron chi connectivity index (χ1n) is 6.93. The van der Waals surface area contributed by atoms with Crippen molar-refractivity contribution in [1.82, 2.24) is 10.2 Å². The molecule has 6 heteroatoms. The van der Waals surface area contributed by atoms with E-state index >= 15 is 0 Å². The third-order valence-corrected chi connectivity index (χ3v) is 4.43. The van der Waals surface area contributed by atoms with Gasteiger partial charge in [0.25, 0.3) is 0 Å². The van der Waals surface area contributed by atoms with E-state index in [0.29, 0.717) is 6.54 Å². The lowest BCUT2D eigenvalue weighted by atomic mass is 9.87. The number of piperazine rings is 1. The topological polar surface area (TPSA) is 24.5 Å². The van der Waals surface area contributed by atoms with Gasteiger partial charge in [0.15, 0.2) is 0 Å². The Kier molecular flexibility index (Phi) is 4.14. The zero-order valence-corrected chi connectivity index (χ0v) is 11.6. The minimum absolute atomic E-state index is 0.119. The summed E-state index contributed by atoms with van der Waals surface area (Å²) in [5.74, 6) is 0. The maximum atomic E-state index is 12.0. The van der Waals surface area contributed by atoms with Gasteiger partial charge in [-0.2, -0.15) is 0 Å². The molecule has 0 amide bonds. The van der Waals surface area contributed by atoms with Crippen molar-refractivity contribution in [2.24, 2.45) is 0 Å². The van der Waals surface area contributed by atoms with Crippen LogP contribution in [0.15, 0.2) is 0 Å². The smallest absolute Gasteiger partial charge is 0.308 e. The van der Waals surface area contributed by atoms with Gasteiger partial charge in [-0.3, -0.25) is 9.64 Å². The molecule has 0 radical (unpaired) electrons. The quantitative estimate of drug-likeness (QED) is 0.859. The molecule has 19 heavy (non-hydrogen) atoms. The molecular formula is C13H23F3N2O. The van der Waals surface area contributed by atoms with E-state index in [9.17, 15) is 13.2 Å². The number of nitrogens with one attached hydrogen (secondary N) is 1. The van der Waals surface area contributed by atoms with Gasteiger partial charge in [0.05, 0.1) is 6.61 Å². The predicted molar refractivity (Wildman–Crippen MR) is 66.9 cm³/mol. The van der Waals surface area contributed by atoms with Crippen molar-refractivity contribution in [3.05, 3.63) is 0 Å². The lowest BCUT2D eigenvalue weighted by Gasteiger charge is -2.51. The molecule has 1 N–H and O–H groups in total. The van der Waals surface area contributed by atoms with Crippen molar-refractivity contribution in [2.75, 3.05) is 26.2 Å². The second-order valence-corrected chi connectivity index (χ2v) is 6.37. The van der Waals surface area contributed by atoms with Gasteiger partial charge in [-0.05, 0) is 26.7 Å². The van der Waals surface area contributed by atoms with E-state index < -0.39 is 6.36 Å². The number of ether oxygens (including phenoxy) is 1. The van der Waals surface area contributed by atoms with Gasteiger partial charge in [-0.1, -0.05) is 12.8 Å². The van der Waals surface area contributed by atoms with Gasteiger partial charge in [0.1, 0.15) is 0 Å². The summed E-state index contributed by atoms with van der Waals surface area (Å²) >= 11 is 0. The van der Waals surface area contributed by atoms with Crippen LogP contribution in [0.1, 0.15) is 39.5 Å². The number of hydrogen-bond donors (Lipinski definition) is 1. The minimum Gasteiger partial charge on any atom is -0.308 e. The Morgan fingerprint density at radius 2 is 1.84 bits per heavy atom. The summed E-state index contributed by atoms with van der Waals surface area (Å²) < 4.78 is 40.0. The van der Waals surface area contributed by atoms with Crippen molar-refractivity contribution >= 4 is 0 Å². The molecule has 0 unspecified atom stereocenters. The first-order chi connectivity index (χ1) is 8.73. The zero-order chi connectivity index (χ0) is 14.1. The van der Waals surface area contributed by atoms with Crippen molar-refractivity contribution in [3.63, 3.8) is 0 Å². The lowest BCUT2D eigenvalue weighted by Crippen LogP contribution is -2.67. The highest BCUT2D eigenvalue weighted by Crippen LogP contribution is 2.35. The SMILES string of the molecule is CC1(C)CNC2(CCCC2)CN1CCOC(F)(F)F. The molecule has 1 saturated carbocycles. The van der Waals surface area contributed by atoms with Gasteiger partial charge in [0.2, 0.25) is 0 Å². The third kappa shape index (κ3) is 3.83.